The van der Waals surface area contributed by atoms with Gasteiger partial charge in [-0.25, -0.2) is 0 Å². The van der Waals surface area contributed by atoms with Crippen molar-refractivity contribution in [1.82, 2.24) is 29.9 Å². The van der Waals surface area contributed by atoms with Crippen LogP contribution in [0.15, 0.2) is 18.3 Å². The third kappa shape index (κ3) is 5.58. The molecule has 1 aliphatic carbocycles. The van der Waals surface area contributed by atoms with E-state index in [1.165, 1.54) is 58.0 Å². The van der Waals surface area contributed by atoms with Gasteiger partial charge in [-0.05, 0) is 50.8 Å². The normalized spacial score (nSPS) is 21.0. The lowest BCUT2D eigenvalue weighted by Crippen LogP contribution is -2.51. The van der Waals surface area contributed by atoms with Crippen LogP contribution in [0.5, 0.6) is 0 Å². The first-order chi connectivity index (χ1) is 16.3. The fraction of sp³-hybridized carbons (Fsp3) is 0.708. The zero-order chi connectivity index (χ0) is 22.5. The van der Waals surface area contributed by atoms with Gasteiger partial charge in [0.05, 0.1) is 0 Å². The van der Waals surface area contributed by atoms with Crippen LogP contribution >= 0.6 is 11.3 Å². The molecule has 0 spiro atoms. The fourth-order valence-corrected chi connectivity index (χ4v) is 6.36. The minimum atomic E-state index is -0.0416. The molecule has 2 aliphatic heterocycles. The van der Waals surface area contributed by atoms with E-state index < -0.39 is 0 Å². The highest BCUT2D eigenvalue weighted by atomic mass is 32.1. The molecular formula is C24H37N7OS. The first-order valence-corrected chi connectivity index (χ1v) is 13.6. The Balaban J connectivity index is 1.05. The number of piperazine rings is 1. The van der Waals surface area contributed by atoms with Gasteiger partial charge in [0.2, 0.25) is 10.3 Å². The van der Waals surface area contributed by atoms with Gasteiger partial charge < -0.3 is 15.1 Å². The Morgan fingerprint density at radius 1 is 0.970 bits per heavy atom. The predicted molar refractivity (Wildman–Crippen MR) is 133 cm³/mol. The maximum atomic E-state index is 12.8. The number of carbonyl (C=O) groups excluding carboxylic acids is 1. The number of rotatable bonds is 8. The van der Waals surface area contributed by atoms with Crippen molar-refractivity contribution in [3.8, 4) is 5.13 Å². The van der Waals surface area contributed by atoms with Crippen LogP contribution in [0, 0.1) is 0 Å². The summed E-state index contributed by atoms with van der Waals surface area (Å²) in [5.74, 6) is -0.0416. The third-order valence-electron chi connectivity index (χ3n) is 7.40. The van der Waals surface area contributed by atoms with Crippen molar-refractivity contribution < 1.29 is 4.79 Å². The molecule has 5 rings (SSSR count). The number of nitrogens with one attached hydrogen (secondary N) is 1. The van der Waals surface area contributed by atoms with Gasteiger partial charge in [0.15, 0.2) is 0 Å². The molecule has 180 valence electrons. The Labute approximate surface area is 200 Å². The standard InChI is InChI=1S/C24H37N7OS/c32-22(21-10-6-15-31(21)24-27-26-23(33-24)30-13-4-5-14-30)25-11-7-12-28-16-18-29(19-17-28)20-8-2-1-3-9-20/h6,10,15,20H,1-5,7-9,11-14,16-19H2,(H,25,32). The number of hydrogen-bond donors (Lipinski definition) is 1. The molecule has 0 atom stereocenters. The predicted octanol–water partition coefficient (Wildman–Crippen LogP) is 3.00. The first kappa shape index (κ1) is 22.8. The summed E-state index contributed by atoms with van der Waals surface area (Å²) < 4.78 is 1.86. The number of hydrogen-bond acceptors (Lipinski definition) is 7. The van der Waals surface area contributed by atoms with Crippen molar-refractivity contribution in [2.45, 2.75) is 57.4 Å². The van der Waals surface area contributed by atoms with Gasteiger partial charge in [-0.3, -0.25) is 14.3 Å². The van der Waals surface area contributed by atoms with E-state index in [-0.39, 0.29) is 5.91 Å². The average Bonchev–Trinajstić information content (AvgIpc) is 3.63. The fourth-order valence-electron chi connectivity index (χ4n) is 5.47. The maximum Gasteiger partial charge on any atom is 0.268 e. The number of nitrogens with zero attached hydrogens (tertiary/aromatic N) is 6. The van der Waals surface area contributed by atoms with Crippen molar-refractivity contribution >= 4 is 22.4 Å². The zero-order valence-electron chi connectivity index (χ0n) is 19.6. The van der Waals surface area contributed by atoms with Crippen molar-refractivity contribution in [3.05, 3.63) is 24.0 Å². The van der Waals surface area contributed by atoms with Crippen molar-refractivity contribution in [2.75, 3.05) is 57.3 Å². The lowest BCUT2D eigenvalue weighted by Gasteiger charge is -2.40. The van der Waals surface area contributed by atoms with Gasteiger partial charge in [-0.1, -0.05) is 30.6 Å². The minimum absolute atomic E-state index is 0.0416. The van der Waals surface area contributed by atoms with E-state index in [2.05, 4.69) is 30.2 Å². The smallest absolute Gasteiger partial charge is 0.268 e. The van der Waals surface area contributed by atoms with Gasteiger partial charge in [0, 0.05) is 58.1 Å². The molecule has 4 heterocycles. The van der Waals surface area contributed by atoms with Gasteiger partial charge in [-0.2, -0.15) is 0 Å². The molecule has 3 aliphatic rings. The second kappa shape index (κ2) is 11.0. The Bertz CT molecular complexity index is 892. The van der Waals surface area contributed by atoms with E-state index in [9.17, 15) is 4.79 Å². The Morgan fingerprint density at radius 2 is 1.73 bits per heavy atom. The van der Waals surface area contributed by atoms with Gasteiger partial charge in [0.1, 0.15) is 5.69 Å². The molecule has 2 aromatic heterocycles. The van der Waals surface area contributed by atoms with Crippen molar-refractivity contribution in [3.63, 3.8) is 0 Å². The van der Waals surface area contributed by atoms with E-state index in [4.69, 9.17) is 0 Å². The van der Waals surface area contributed by atoms with Crippen molar-refractivity contribution in [2.24, 2.45) is 0 Å². The average molecular weight is 472 g/mol. The van der Waals surface area contributed by atoms with Gasteiger partial charge in [0.25, 0.3) is 5.91 Å². The molecule has 1 saturated carbocycles. The molecule has 1 amide bonds. The molecule has 0 radical (unpaired) electrons. The third-order valence-corrected chi connectivity index (χ3v) is 8.39. The minimum Gasteiger partial charge on any atom is -0.351 e. The SMILES string of the molecule is O=C(NCCCN1CCN(C2CCCCC2)CC1)c1cccn1-c1nnc(N2CCCC2)s1. The van der Waals surface area contributed by atoms with Crippen LogP contribution in [-0.4, -0.2) is 88.9 Å². The van der Waals surface area contributed by atoms with E-state index in [0.29, 0.717) is 12.2 Å². The highest BCUT2D eigenvalue weighted by Crippen LogP contribution is 2.27. The summed E-state index contributed by atoms with van der Waals surface area (Å²) in [6.07, 6.45) is 12.3. The van der Waals surface area contributed by atoms with Crippen LogP contribution in [0.4, 0.5) is 5.13 Å². The summed E-state index contributed by atoms with van der Waals surface area (Å²) in [6, 6.07) is 4.59. The molecule has 9 heteroatoms. The van der Waals surface area contributed by atoms with E-state index in [1.54, 1.807) is 11.3 Å². The quantitative estimate of drug-likeness (QED) is 0.597. The highest BCUT2D eigenvalue weighted by Gasteiger charge is 2.25. The van der Waals surface area contributed by atoms with Crippen LogP contribution in [0.25, 0.3) is 5.13 Å². The van der Waals surface area contributed by atoms with Gasteiger partial charge in [-0.15, -0.1) is 10.2 Å². The van der Waals surface area contributed by atoms with Crippen molar-refractivity contribution in [1.29, 1.82) is 0 Å². The summed E-state index contributed by atoms with van der Waals surface area (Å²) in [4.78, 5) is 20.4. The number of carbonyl (C=O) groups is 1. The van der Waals surface area contributed by atoms with Crippen LogP contribution < -0.4 is 10.2 Å². The summed E-state index contributed by atoms with van der Waals surface area (Å²) in [6.45, 7) is 8.55. The van der Waals surface area contributed by atoms with Crippen LogP contribution in [0.2, 0.25) is 0 Å². The summed E-state index contributed by atoms with van der Waals surface area (Å²) >= 11 is 1.55. The molecular weight excluding hydrogens is 434 g/mol. The van der Waals surface area contributed by atoms with Crippen LogP contribution in [0.1, 0.15) is 61.9 Å². The maximum absolute atomic E-state index is 12.8. The summed E-state index contributed by atoms with van der Waals surface area (Å²) in [5.41, 5.74) is 0.625. The summed E-state index contributed by atoms with van der Waals surface area (Å²) in [5, 5.41) is 13.5. The van der Waals surface area contributed by atoms with E-state index in [0.717, 1.165) is 55.4 Å². The number of aromatic nitrogens is 3. The Kier molecular flexibility index (Phi) is 7.58. The molecule has 0 bridgehead atoms. The molecule has 0 aromatic carbocycles. The second-order valence-electron chi connectivity index (χ2n) is 9.60. The summed E-state index contributed by atoms with van der Waals surface area (Å²) in [7, 11) is 0. The molecule has 2 aromatic rings. The molecule has 2 saturated heterocycles. The lowest BCUT2D eigenvalue weighted by atomic mass is 9.94. The van der Waals surface area contributed by atoms with E-state index >= 15 is 0 Å². The highest BCUT2D eigenvalue weighted by molar-refractivity contribution is 7.17. The Morgan fingerprint density at radius 3 is 2.52 bits per heavy atom. The molecule has 3 fully saturated rings. The molecule has 0 unspecified atom stereocenters. The van der Waals surface area contributed by atoms with Gasteiger partial charge >= 0.3 is 0 Å². The number of anilines is 1. The largest absolute Gasteiger partial charge is 0.351 e. The Hall–Kier alpha value is -1.97. The molecule has 33 heavy (non-hydrogen) atoms. The monoisotopic (exact) mass is 471 g/mol. The van der Waals surface area contributed by atoms with Crippen LogP contribution in [-0.2, 0) is 0 Å². The van der Waals surface area contributed by atoms with E-state index in [1.807, 2.05) is 22.9 Å². The molecule has 8 nitrogen and oxygen atoms in total. The second-order valence-corrected chi connectivity index (χ2v) is 10.5. The number of amides is 1. The topological polar surface area (TPSA) is 69.5 Å². The molecule has 1 N–H and O–H groups in total. The lowest BCUT2D eigenvalue weighted by molar-refractivity contribution is 0.0779. The van der Waals surface area contributed by atoms with Crippen LogP contribution in [0.3, 0.4) is 0 Å². The first-order valence-electron chi connectivity index (χ1n) is 12.8. The zero-order valence-corrected chi connectivity index (χ0v) is 20.4.